The van der Waals surface area contributed by atoms with Gasteiger partial charge in [0.1, 0.15) is 5.92 Å². The van der Waals surface area contributed by atoms with E-state index in [2.05, 4.69) is 0 Å². The van der Waals surface area contributed by atoms with Crippen LogP contribution < -0.4 is 4.90 Å². The first-order valence-corrected chi connectivity index (χ1v) is 8.86. The molecule has 1 unspecified atom stereocenters. The van der Waals surface area contributed by atoms with E-state index in [9.17, 15) is 14.4 Å². The van der Waals surface area contributed by atoms with E-state index in [0.717, 1.165) is 21.2 Å². The van der Waals surface area contributed by atoms with Crippen LogP contribution in [0.25, 0.3) is 0 Å². The summed E-state index contributed by atoms with van der Waals surface area (Å²) in [6.45, 7) is 1.89. The first-order valence-electron chi connectivity index (χ1n) is 8.04. The molecule has 0 spiro atoms. The first-order chi connectivity index (χ1) is 12.1. The summed E-state index contributed by atoms with van der Waals surface area (Å²) in [5.74, 6) is -3.08. The van der Waals surface area contributed by atoms with E-state index in [-0.39, 0.29) is 18.9 Å². The van der Waals surface area contributed by atoms with Crippen LogP contribution in [-0.2, 0) is 14.3 Å². The summed E-state index contributed by atoms with van der Waals surface area (Å²) in [7, 11) is 0. The molecule has 2 aliphatic rings. The van der Waals surface area contributed by atoms with Crippen molar-refractivity contribution in [1.82, 2.24) is 0 Å². The lowest BCUT2D eigenvalue weighted by Gasteiger charge is -2.39. The van der Waals surface area contributed by atoms with Crippen molar-refractivity contribution in [3.8, 4) is 0 Å². The maximum Gasteiger partial charge on any atom is 0.375 e. The molecule has 5 nitrogen and oxygen atoms in total. The molecule has 0 amide bonds. The van der Waals surface area contributed by atoms with Crippen molar-refractivity contribution in [2.75, 3.05) is 18.1 Å². The molecule has 0 bridgehead atoms. The molecule has 4 rings (SSSR count). The zero-order chi connectivity index (χ0) is 17.6. The second kappa shape index (κ2) is 6.04. The number of fused-ring (bicyclic) bond motifs is 2. The fourth-order valence-electron chi connectivity index (χ4n) is 3.28. The van der Waals surface area contributed by atoms with Crippen LogP contribution in [-0.4, -0.2) is 30.7 Å². The van der Waals surface area contributed by atoms with Crippen LogP contribution in [0.5, 0.6) is 0 Å². The smallest absolute Gasteiger partial charge is 0.375 e. The third kappa shape index (κ3) is 2.44. The summed E-state index contributed by atoms with van der Waals surface area (Å²) < 4.78 is 4.81. The third-order valence-corrected chi connectivity index (χ3v) is 5.50. The summed E-state index contributed by atoms with van der Waals surface area (Å²) in [4.78, 5) is 41.2. The second-order valence-corrected chi connectivity index (χ2v) is 6.92. The molecular formula is C19H15NO4S. The SMILES string of the molecule is CCOC(=O)C(=O)C1CN2c3ccccc3Sc3cccc(c32)C1=O. The Morgan fingerprint density at radius 2 is 1.92 bits per heavy atom. The van der Waals surface area contributed by atoms with Gasteiger partial charge in [0.15, 0.2) is 5.78 Å². The summed E-state index contributed by atoms with van der Waals surface area (Å²) in [5, 5.41) is 0. The van der Waals surface area contributed by atoms with E-state index in [1.54, 1.807) is 24.8 Å². The van der Waals surface area contributed by atoms with Gasteiger partial charge in [0, 0.05) is 21.9 Å². The Morgan fingerprint density at radius 1 is 1.16 bits per heavy atom. The molecule has 2 heterocycles. The minimum absolute atomic E-state index is 0.107. The lowest BCUT2D eigenvalue weighted by atomic mass is 9.87. The molecule has 25 heavy (non-hydrogen) atoms. The molecule has 6 heteroatoms. The van der Waals surface area contributed by atoms with E-state index in [4.69, 9.17) is 4.74 Å². The van der Waals surface area contributed by atoms with Crippen molar-refractivity contribution >= 4 is 40.7 Å². The molecule has 0 aliphatic carbocycles. The number of Topliss-reactive ketones (excluding diaryl/α,β-unsaturated/α-hetero) is 2. The van der Waals surface area contributed by atoms with E-state index in [1.807, 2.05) is 41.3 Å². The fraction of sp³-hybridized carbons (Fsp3) is 0.211. The number of para-hydroxylation sites is 2. The topological polar surface area (TPSA) is 63.7 Å². The van der Waals surface area contributed by atoms with E-state index in [0.29, 0.717) is 5.56 Å². The maximum atomic E-state index is 12.9. The average molecular weight is 353 g/mol. The highest BCUT2D eigenvalue weighted by atomic mass is 32.2. The molecule has 0 saturated heterocycles. The Labute approximate surface area is 149 Å². The number of carbonyl (C=O) groups is 3. The van der Waals surface area contributed by atoms with Crippen LogP contribution in [0.15, 0.2) is 52.3 Å². The molecule has 126 valence electrons. The predicted octanol–water partition coefficient (Wildman–Crippen LogP) is 3.23. The number of hydrogen-bond acceptors (Lipinski definition) is 6. The lowest BCUT2D eigenvalue weighted by Crippen LogP contribution is -2.44. The maximum absolute atomic E-state index is 12.9. The predicted molar refractivity (Wildman–Crippen MR) is 93.5 cm³/mol. The van der Waals surface area contributed by atoms with Crippen molar-refractivity contribution in [2.45, 2.75) is 16.7 Å². The van der Waals surface area contributed by atoms with Crippen molar-refractivity contribution < 1.29 is 19.1 Å². The number of hydrogen-bond donors (Lipinski definition) is 0. The standard InChI is InChI=1S/C19H15NO4S/c1-2-24-19(23)18(22)12-10-20-13-7-3-4-8-14(13)25-15-9-5-6-11(16(15)20)17(12)21/h3-9,12H,2,10H2,1H3. The molecule has 2 aromatic carbocycles. The zero-order valence-electron chi connectivity index (χ0n) is 13.5. The molecule has 1 atom stereocenters. The first kappa shape index (κ1) is 15.9. The number of benzene rings is 2. The molecule has 2 aromatic rings. The Balaban J connectivity index is 1.82. The van der Waals surface area contributed by atoms with Crippen molar-refractivity contribution in [1.29, 1.82) is 0 Å². The summed E-state index contributed by atoms with van der Waals surface area (Å²) in [6.07, 6.45) is 0. The van der Waals surface area contributed by atoms with Crippen LogP contribution in [0.4, 0.5) is 11.4 Å². The molecule has 0 fully saturated rings. The van der Waals surface area contributed by atoms with Gasteiger partial charge in [0.05, 0.1) is 18.0 Å². The number of rotatable bonds is 3. The Bertz CT molecular complexity index is 908. The number of carbonyl (C=O) groups excluding carboxylic acids is 3. The van der Waals surface area contributed by atoms with Gasteiger partial charge in [-0.05, 0) is 31.2 Å². The van der Waals surface area contributed by atoms with Crippen LogP contribution >= 0.6 is 11.8 Å². The van der Waals surface area contributed by atoms with Gasteiger partial charge in [-0.25, -0.2) is 4.79 Å². The van der Waals surface area contributed by atoms with Crippen molar-refractivity contribution in [3.05, 3.63) is 48.0 Å². The number of esters is 1. The largest absolute Gasteiger partial charge is 0.460 e. The van der Waals surface area contributed by atoms with Gasteiger partial charge >= 0.3 is 5.97 Å². The highest BCUT2D eigenvalue weighted by molar-refractivity contribution is 7.99. The number of ether oxygens (including phenoxy) is 1. The molecule has 2 aliphatic heterocycles. The zero-order valence-corrected chi connectivity index (χ0v) is 14.3. The minimum Gasteiger partial charge on any atom is -0.460 e. The van der Waals surface area contributed by atoms with Gasteiger partial charge in [-0.15, -0.1) is 0 Å². The third-order valence-electron chi connectivity index (χ3n) is 4.39. The fourth-order valence-corrected chi connectivity index (χ4v) is 4.41. The molecule has 0 aromatic heterocycles. The number of anilines is 2. The minimum atomic E-state index is -1.04. The van der Waals surface area contributed by atoms with Crippen molar-refractivity contribution in [2.24, 2.45) is 5.92 Å². The summed E-state index contributed by atoms with van der Waals surface area (Å²) >= 11 is 1.61. The molecule has 0 saturated carbocycles. The number of nitrogens with zero attached hydrogens (tertiary/aromatic N) is 1. The Hall–Kier alpha value is -2.60. The van der Waals surface area contributed by atoms with Crippen LogP contribution in [0.2, 0.25) is 0 Å². The van der Waals surface area contributed by atoms with Gasteiger partial charge in [-0.1, -0.05) is 30.0 Å². The highest BCUT2D eigenvalue weighted by Crippen LogP contribution is 2.51. The van der Waals surface area contributed by atoms with Crippen LogP contribution in [0.3, 0.4) is 0 Å². The highest BCUT2D eigenvalue weighted by Gasteiger charge is 2.42. The molecule has 0 N–H and O–H groups in total. The summed E-state index contributed by atoms with van der Waals surface area (Å²) in [5.41, 5.74) is 2.25. The van der Waals surface area contributed by atoms with E-state index >= 15 is 0 Å². The Kier molecular flexibility index (Phi) is 3.84. The van der Waals surface area contributed by atoms with Gasteiger partial charge < -0.3 is 9.64 Å². The normalized spacial score (nSPS) is 17.6. The van der Waals surface area contributed by atoms with Crippen LogP contribution in [0.1, 0.15) is 17.3 Å². The summed E-state index contributed by atoms with van der Waals surface area (Å²) in [6, 6.07) is 13.3. The van der Waals surface area contributed by atoms with Gasteiger partial charge in [0.2, 0.25) is 0 Å². The number of ketones is 2. The van der Waals surface area contributed by atoms with E-state index < -0.39 is 17.7 Å². The monoisotopic (exact) mass is 353 g/mol. The Morgan fingerprint density at radius 3 is 2.72 bits per heavy atom. The van der Waals surface area contributed by atoms with Gasteiger partial charge in [-0.3, -0.25) is 9.59 Å². The van der Waals surface area contributed by atoms with Crippen molar-refractivity contribution in [3.63, 3.8) is 0 Å². The quantitative estimate of drug-likeness (QED) is 0.480. The second-order valence-electron chi connectivity index (χ2n) is 5.83. The lowest BCUT2D eigenvalue weighted by molar-refractivity contribution is -0.154. The van der Waals surface area contributed by atoms with Gasteiger partial charge in [-0.2, -0.15) is 0 Å². The molecular weight excluding hydrogens is 338 g/mol. The molecule has 0 radical (unpaired) electrons. The average Bonchev–Trinajstić information content (AvgIpc) is 2.63. The van der Waals surface area contributed by atoms with E-state index in [1.165, 1.54) is 0 Å². The van der Waals surface area contributed by atoms with Crippen LogP contribution in [0, 0.1) is 5.92 Å². The van der Waals surface area contributed by atoms with Gasteiger partial charge in [0.25, 0.3) is 5.78 Å².